The number of nitrogens with zero attached hydrogens (tertiary/aromatic N) is 3. The molecule has 272 valence electrons. The zero-order valence-corrected chi connectivity index (χ0v) is 30.1. The second kappa shape index (κ2) is 13.9. The number of amides is 5. The van der Waals surface area contributed by atoms with Gasteiger partial charge in [-0.15, -0.1) is 0 Å². The van der Waals surface area contributed by atoms with E-state index in [0.717, 1.165) is 9.80 Å². The Morgan fingerprint density at radius 1 is 0.750 bits per heavy atom. The molecule has 1 saturated heterocycles. The van der Waals surface area contributed by atoms with Gasteiger partial charge in [0, 0.05) is 28.7 Å². The maximum atomic E-state index is 15.1. The fraction of sp³-hybridized carbons (Fsp3) is 0.342. The van der Waals surface area contributed by atoms with Crippen molar-refractivity contribution < 1.29 is 52.4 Å². The van der Waals surface area contributed by atoms with Crippen molar-refractivity contribution >= 4 is 35.8 Å². The number of rotatable bonds is 10. The van der Waals surface area contributed by atoms with Crippen LogP contribution in [0.3, 0.4) is 0 Å². The lowest BCUT2D eigenvalue weighted by atomic mass is 9.87. The molecule has 14 nitrogen and oxygen atoms in total. The highest BCUT2D eigenvalue weighted by Gasteiger charge is 2.53. The van der Waals surface area contributed by atoms with E-state index < -0.39 is 47.9 Å². The van der Waals surface area contributed by atoms with Gasteiger partial charge in [0.2, 0.25) is 0 Å². The van der Waals surface area contributed by atoms with Crippen LogP contribution in [0.2, 0.25) is 0 Å². The van der Waals surface area contributed by atoms with Gasteiger partial charge in [0.25, 0.3) is 23.6 Å². The van der Waals surface area contributed by atoms with Crippen LogP contribution in [-0.4, -0.2) is 98.7 Å². The predicted molar refractivity (Wildman–Crippen MR) is 186 cm³/mol. The highest BCUT2D eigenvalue weighted by atomic mass is 16.6. The molecule has 0 aliphatic carbocycles. The quantitative estimate of drug-likeness (QED) is 0.272. The molecule has 5 amide bonds. The summed E-state index contributed by atoms with van der Waals surface area (Å²) in [5.41, 5.74) is 2.04. The fourth-order valence-electron chi connectivity index (χ4n) is 7.19. The van der Waals surface area contributed by atoms with Crippen molar-refractivity contribution in [2.75, 3.05) is 42.1 Å². The first kappa shape index (κ1) is 35.8. The molecule has 2 atom stereocenters. The topological polar surface area (TPSA) is 150 Å². The second-order valence-electron chi connectivity index (χ2n) is 12.6. The minimum absolute atomic E-state index is 0.182. The van der Waals surface area contributed by atoms with Crippen LogP contribution in [0.5, 0.6) is 28.7 Å². The number of carbonyl (C=O) groups excluding carboxylic acids is 5. The van der Waals surface area contributed by atoms with Crippen molar-refractivity contribution in [2.24, 2.45) is 0 Å². The van der Waals surface area contributed by atoms with E-state index in [2.05, 4.69) is 0 Å². The third-order valence-electron chi connectivity index (χ3n) is 9.41. The summed E-state index contributed by atoms with van der Waals surface area (Å²) in [7, 11) is 7.29. The Morgan fingerprint density at radius 3 is 1.90 bits per heavy atom. The molecule has 0 radical (unpaired) electrons. The Hall–Kier alpha value is -6.05. The van der Waals surface area contributed by atoms with E-state index in [9.17, 15) is 19.2 Å². The molecule has 0 bridgehead atoms. The Kier molecular flexibility index (Phi) is 9.58. The van der Waals surface area contributed by atoms with Gasteiger partial charge in [-0.2, -0.15) is 0 Å². The molecule has 0 aromatic heterocycles. The molecule has 0 saturated carbocycles. The van der Waals surface area contributed by atoms with Gasteiger partial charge in [-0.05, 0) is 57.2 Å². The molecule has 14 heteroatoms. The van der Waals surface area contributed by atoms with Gasteiger partial charge in [-0.3, -0.25) is 29.0 Å². The highest BCUT2D eigenvalue weighted by Crippen LogP contribution is 2.48. The molecule has 3 aliphatic rings. The number of ether oxygens (including phenoxy) is 6. The standard InChI is InChI=1S/C38H39N3O11/c1-19(2)52-38(46)41-25(15-21-16-30(49-6)33(51-8)20(3)32(21)50-7)36(44)40-26(37(41)45)17-24-28(47-4)13-14-29(48-5)31(24)27(40)18-39-34(42)22-11-9-10-12-23(22)35(39)43/h9-14,16-17,19,25,27H,15,18H2,1-8H3/t25-,27+/m0/s1. The molecular formula is C38H39N3O11. The van der Waals surface area contributed by atoms with Crippen molar-refractivity contribution in [3.63, 3.8) is 0 Å². The number of hydrogen-bond acceptors (Lipinski definition) is 11. The van der Waals surface area contributed by atoms with E-state index in [1.54, 1.807) is 63.2 Å². The minimum atomic E-state index is -1.47. The van der Waals surface area contributed by atoms with Crippen molar-refractivity contribution in [1.82, 2.24) is 14.7 Å². The van der Waals surface area contributed by atoms with E-state index in [1.165, 1.54) is 46.5 Å². The summed E-state index contributed by atoms with van der Waals surface area (Å²) in [6.07, 6.45) is -0.425. The number of methoxy groups -OCH3 is 5. The lowest BCUT2D eigenvalue weighted by Crippen LogP contribution is -2.63. The third kappa shape index (κ3) is 5.63. The molecule has 0 unspecified atom stereocenters. The van der Waals surface area contributed by atoms with Crippen LogP contribution >= 0.6 is 0 Å². The summed E-state index contributed by atoms with van der Waals surface area (Å²) in [6, 6.07) is 8.72. The van der Waals surface area contributed by atoms with Crippen molar-refractivity contribution in [2.45, 2.75) is 45.4 Å². The van der Waals surface area contributed by atoms with E-state index >= 15 is 4.79 Å². The van der Waals surface area contributed by atoms with Crippen LogP contribution in [0.25, 0.3) is 6.08 Å². The summed E-state index contributed by atoms with van der Waals surface area (Å²) < 4.78 is 33.8. The Bertz CT molecular complexity index is 2000. The van der Waals surface area contributed by atoms with Crippen LogP contribution in [0, 0.1) is 6.92 Å². The average Bonchev–Trinajstić information content (AvgIpc) is 3.37. The van der Waals surface area contributed by atoms with Crippen molar-refractivity contribution in [3.05, 3.63) is 81.5 Å². The fourth-order valence-corrected chi connectivity index (χ4v) is 7.19. The molecule has 3 aliphatic heterocycles. The minimum Gasteiger partial charge on any atom is -0.496 e. The zero-order chi connectivity index (χ0) is 37.6. The van der Waals surface area contributed by atoms with Crippen LogP contribution in [0.1, 0.15) is 62.9 Å². The summed E-state index contributed by atoms with van der Waals surface area (Å²) in [4.78, 5) is 74.1. The highest BCUT2D eigenvalue weighted by molar-refractivity contribution is 6.21. The Labute approximate surface area is 300 Å². The lowest BCUT2D eigenvalue weighted by Gasteiger charge is -2.46. The normalized spacial score (nSPS) is 17.8. The molecule has 1 fully saturated rings. The number of benzene rings is 3. The second-order valence-corrected chi connectivity index (χ2v) is 12.6. The van der Waals surface area contributed by atoms with Crippen LogP contribution < -0.4 is 23.7 Å². The number of hydrogen-bond donors (Lipinski definition) is 0. The molecule has 0 spiro atoms. The predicted octanol–water partition coefficient (Wildman–Crippen LogP) is 4.56. The monoisotopic (exact) mass is 713 g/mol. The zero-order valence-electron chi connectivity index (χ0n) is 30.1. The number of imide groups is 2. The Balaban J connectivity index is 1.55. The van der Waals surface area contributed by atoms with Crippen molar-refractivity contribution in [3.8, 4) is 28.7 Å². The molecule has 6 rings (SSSR count). The van der Waals surface area contributed by atoms with E-state index in [1.807, 2.05) is 0 Å². The average molecular weight is 714 g/mol. The number of piperazine rings is 1. The summed E-state index contributed by atoms with van der Waals surface area (Å²) in [5, 5.41) is 0. The summed E-state index contributed by atoms with van der Waals surface area (Å²) in [6.45, 7) is 4.66. The number of carbonyl (C=O) groups is 5. The van der Waals surface area contributed by atoms with E-state index in [4.69, 9.17) is 28.4 Å². The lowest BCUT2D eigenvalue weighted by molar-refractivity contribution is -0.151. The van der Waals surface area contributed by atoms with Crippen LogP contribution in [0.15, 0.2) is 48.2 Å². The first-order valence-electron chi connectivity index (χ1n) is 16.5. The Morgan fingerprint density at radius 2 is 1.35 bits per heavy atom. The molecule has 3 heterocycles. The molecular weight excluding hydrogens is 674 g/mol. The van der Waals surface area contributed by atoms with Gasteiger partial charge in [-0.1, -0.05) is 12.1 Å². The smallest absolute Gasteiger partial charge is 0.417 e. The van der Waals surface area contributed by atoms with E-state index in [-0.39, 0.29) is 29.8 Å². The van der Waals surface area contributed by atoms with Gasteiger partial charge in [0.1, 0.15) is 29.0 Å². The molecule has 3 aromatic carbocycles. The third-order valence-corrected chi connectivity index (χ3v) is 9.41. The first-order chi connectivity index (χ1) is 24.9. The SMILES string of the molecule is COc1ccc(OC)c2c1C=C1C(=O)N(C(=O)OC(C)C)[C@@H](Cc3cc(OC)c(OC)c(C)c3OC)C(=O)N1[C@@H]2CN1C(=O)c2ccccc2C1=O. The molecule has 0 N–H and O–H groups in total. The van der Waals surface area contributed by atoms with Crippen LogP contribution in [0.4, 0.5) is 4.79 Å². The molecule has 3 aromatic rings. The van der Waals surface area contributed by atoms with Gasteiger partial charge >= 0.3 is 6.09 Å². The van der Waals surface area contributed by atoms with Gasteiger partial charge in [-0.25, -0.2) is 9.69 Å². The van der Waals surface area contributed by atoms with Crippen molar-refractivity contribution in [1.29, 1.82) is 0 Å². The number of fused-ring (bicyclic) bond motifs is 3. The maximum Gasteiger partial charge on any atom is 0.417 e. The van der Waals surface area contributed by atoms with Gasteiger partial charge in [0.15, 0.2) is 11.5 Å². The molecule has 52 heavy (non-hydrogen) atoms. The first-order valence-corrected chi connectivity index (χ1v) is 16.5. The van der Waals surface area contributed by atoms with Gasteiger partial charge < -0.3 is 28.4 Å². The summed E-state index contributed by atoms with van der Waals surface area (Å²) in [5.74, 6) is -0.871. The van der Waals surface area contributed by atoms with Crippen LogP contribution in [-0.2, 0) is 20.7 Å². The van der Waals surface area contributed by atoms with Gasteiger partial charge in [0.05, 0.1) is 65.4 Å². The van der Waals surface area contributed by atoms with E-state index in [0.29, 0.717) is 51.0 Å². The summed E-state index contributed by atoms with van der Waals surface area (Å²) >= 11 is 0. The largest absolute Gasteiger partial charge is 0.496 e. The maximum absolute atomic E-state index is 15.1.